The third kappa shape index (κ3) is 1.40. The molecule has 0 aliphatic heterocycles. The molecule has 0 saturated heterocycles. The van der Waals surface area contributed by atoms with Crippen LogP contribution in [0.2, 0.25) is 0 Å². The maximum atomic E-state index is 13.0. The number of halogens is 2. The normalized spacial score (nSPS) is 10.6. The summed E-state index contributed by atoms with van der Waals surface area (Å²) in [5.41, 5.74) is 0.408. The van der Waals surface area contributed by atoms with E-state index in [4.69, 9.17) is 0 Å². The molecule has 2 rings (SSSR count). The van der Waals surface area contributed by atoms with E-state index < -0.39 is 0 Å². The summed E-state index contributed by atoms with van der Waals surface area (Å²) in [7, 11) is 0. The minimum absolute atomic E-state index is 0.381. The van der Waals surface area contributed by atoms with Crippen molar-refractivity contribution < 1.29 is 9.18 Å². The van der Waals surface area contributed by atoms with Crippen LogP contribution in [-0.2, 0) is 0 Å². The Hall–Kier alpha value is -0.740. The fourth-order valence-corrected chi connectivity index (χ4v) is 2.80. The van der Waals surface area contributed by atoms with Crippen molar-refractivity contribution in [3.05, 3.63) is 33.4 Å². The van der Waals surface area contributed by atoms with Gasteiger partial charge in [-0.3, -0.25) is 4.79 Å². The van der Waals surface area contributed by atoms with E-state index in [2.05, 4.69) is 15.9 Å². The van der Waals surface area contributed by atoms with Gasteiger partial charge in [-0.2, -0.15) is 0 Å². The summed E-state index contributed by atoms with van der Waals surface area (Å²) >= 11 is 4.72. The van der Waals surface area contributed by atoms with Crippen LogP contribution in [0.5, 0.6) is 0 Å². The summed E-state index contributed by atoms with van der Waals surface area (Å²) in [5, 5.41) is 2.60. The summed E-state index contributed by atoms with van der Waals surface area (Å²) in [5.74, 6) is -0.381. The Morgan fingerprint density at radius 1 is 1.46 bits per heavy atom. The number of fused-ring (bicyclic) bond motifs is 1. The van der Waals surface area contributed by atoms with Crippen LogP contribution in [0.4, 0.5) is 4.39 Å². The maximum Gasteiger partial charge on any atom is 0.151 e. The van der Waals surface area contributed by atoms with Crippen molar-refractivity contribution in [3.63, 3.8) is 0 Å². The van der Waals surface area contributed by atoms with Gasteiger partial charge in [0.05, 0.1) is 0 Å². The van der Waals surface area contributed by atoms with E-state index in [0.29, 0.717) is 11.8 Å². The van der Waals surface area contributed by atoms with Gasteiger partial charge in [-0.1, -0.05) is 0 Å². The molecule has 0 fully saturated rings. The number of aldehydes is 1. The van der Waals surface area contributed by atoms with Gasteiger partial charge >= 0.3 is 0 Å². The predicted octanol–water partition coefficient (Wildman–Crippen LogP) is 3.62. The van der Waals surface area contributed by atoms with Gasteiger partial charge < -0.3 is 0 Å². The zero-order chi connectivity index (χ0) is 9.42. The van der Waals surface area contributed by atoms with Gasteiger partial charge in [0, 0.05) is 25.5 Å². The average Bonchev–Trinajstić information content (AvgIpc) is 2.47. The number of benzene rings is 1. The lowest BCUT2D eigenvalue weighted by atomic mass is 10.2. The number of carbonyl (C=O) groups excluding carboxylic acids is 1. The standard InChI is InChI=1S/C9H4BrFOS/c10-8-4-13-9-5(3-12)1-6(11)2-7(8)9/h1-4H. The summed E-state index contributed by atoms with van der Waals surface area (Å²) in [6.45, 7) is 0. The van der Waals surface area contributed by atoms with Crippen LogP contribution < -0.4 is 0 Å². The van der Waals surface area contributed by atoms with Crippen LogP contribution >= 0.6 is 27.3 Å². The van der Waals surface area contributed by atoms with Crippen LogP contribution in [0, 0.1) is 5.82 Å². The monoisotopic (exact) mass is 258 g/mol. The second-order valence-corrected chi connectivity index (χ2v) is 4.31. The van der Waals surface area contributed by atoms with Crippen molar-refractivity contribution in [2.75, 3.05) is 0 Å². The van der Waals surface area contributed by atoms with Crippen molar-refractivity contribution in [2.24, 2.45) is 0 Å². The molecule has 0 amide bonds. The predicted molar refractivity (Wildman–Crippen MR) is 54.9 cm³/mol. The molecule has 1 heterocycles. The van der Waals surface area contributed by atoms with Crippen LogP contribution in [0.3, 0.4) is 0 Å². The highest BCUT2D eigenvalue weighted by atomic mass is 79.9. The Morgan fingerprint density at radius 2 is 2.23 bits per heavy atom. The third-order valence-corrected chi connectivity index (χ3v) is 3.75. The summed E-state index contributed by atoms with van der Waals surface area (Å²) in [4.78, 5) is 10.6. The first-order valence-electron chi connectivity index (χ1n) is 3.54. The molecule has 0 aliphatic carbocycles. The Kier molecular flexibility index (Phi) is 2.17. The van der Waals surface area contributed by atoms with Crippen molar-refractivity contribution in [1.82, 2.24) is 0 Å². The first-order chi connectivity index (χ1) is 6.22. The van der Waals surface area contributed by atoms with Crippen LogP contribution in [0.25, 0.3) is 10.1 Å². The molecule has 0 radical (unpaired) electrons. The fourth-order valence-electron chi connectivity index (χ4n) is 1.19. The Bertz CT molecular complexity index is 478. The van der Waals surface area contributed by atoms with E-state index in [0.717, 1.165) is 14.6 Å². The zero-order valence-electron chi connectivity index (χ0n) is 6.38. The summed E-state index contributed by atoms with van der Waals surface area (Å²) < 4.78 is 14.6. The summed E-state index contributed by atoms with van der Waals surface area (Å²) in [6, 6.07) is 2.67. The second kappa shape index (κ2) is 3.20. The van der Waals surface area contributed by atoms with Gasteiger partial charge in [0.15, 0.2) is 6.29 Å². The molecular weight excluding hydrogens is 255 g/mol. The number of hydrogen-bond acceptors (Lipinski definition) is 2. The van der Waals surface area contributed by atoms with Gasteiger partial charge in [0.25, 0.3) is 0 Å². The van der Waals surface area contributed by atoms with E-state index in [1.54, 1.807) is 0 Å². The van der Waals surface area contributed by atoms with Gasteiger partial charge in [-0.15, -0.1) is 11.3 Å². The average molecular weight is 259 g/mol. The molecular formula is C9H4BrFOS. The molecule has 0 atom stereocenters. The van der Waals surface area contributed by atoms with Crippen molar-refractivity contribution in [1.29, 1.82) is 0 Å². The van der Waals surface area contributed by atoms with Gasteiger partial charge in [-0.25, -0.2) is 4.39 Å². The quantitative estimate of drug-likeness (QED) is 0.715. The number of rotatable bonds is 1. The van der Waals surface area contributed by atoms with Crippen molar-refractivity contribution in [3.8, 4) is 0 Å². The molecule has 0 aliphatic rings. The Labute approximate surface area is 86.3 Å². The molecule has 1 nitrogen and oxygen atoms in total. The van der Waals surface area contributed by atoms with Crippen molar-refractivity contribution >= 4 is 43.6 Å². The molecule has 2 aromatic rings. The van der Waals surface area contributed by atoms with Crippen molar-refractivity contribution in [2.45, 2.75) is 0 Å². The Morgan fingerprint density at radius 3 is 2.92 bits per heavy atom. The first-order valence-corrected chi connectivity index (χ1v) is 5.21. The minimum Gasteiger partial charge on any atom is -0.298 e. The van der Waals surface area contributed by atoms with Gasteiger partial charge in [0.1, 0.15) is 5.82 Å². The Balaban J connectivity index is 2.91. The zero-order valence-corrected chi connectivity index (χ0v) is 8.78. The second-order valence-electron chi connectivity index (χ2n) is 2.57. The minimum atomic E-state index is -0.381. The highest BCUT2D eigenvalue weighted by Gasteiger charge is 2.07. The molecule has 0 bridgehead atoms. The summed E-state index contributed by atoms with van der Waals surface area (Å²) in [6.07, 6.45) is 0.675. The van der Waals surface area contributed by atoms with E-state index in [-0.39, 0.29) is 5.82 Å². The molecule has 0 N–H and O–H groups in total. The molecule has 0 saturated carbocycles. The molecule has 1 aromatic carbocycles. The molecule has 0 spiro atoms. The molecule has 4 heteroatoms. The van der Waals surface area contributed by atoms with Gasteiger partial charge in [0.2, 0.25) is 0 Å². The first kappa shape index (κ1) is 8.84. The lowest BCUT2D eigenvalue weighted by Crippen LogP contribution is -1.82. The SMILES string of the molecule is O=Cc1cc(F)cc2c(Br)csc12. The lowest BCUT2D eigenvalue weighted by molar-refractivity contribution is 0.112. The largest absolute Gasteiger partial charge is 0.298 e. The van der Waals surface area contributed by atoms with Crippen LogP contribution in [0.15, 0.2) is 22.0 Å². The van der Waals surface area contributed by atoms with Gasteiger partial charge in [-0.05, 0) is 28.1 Å². The van der Waals surface area contributed by atoms with E-state index in [1.807, 2.05) is 5.38 Å². The number of hydrogen-bond donors (Lipinski definition) is 0. The number of thiophene rings is 1. The highest BCUT2D eigenvalue weighted by Crippen LogP contribution is 2.32. The van der Waals surface area contributed by atoms with E-state index in [1.165, 1.54) is 23.5 Å². The highest BCUT2D eigenvalue weighted by molar-refractivity contribution is 9.10. The molecule has 1 aromatic heterocycles. The molecule has 13 heavy (non-hydrogen) atoms. The maximum absolute atomic E-state index is 13.0. The molecule has 0 unspecified atom stereocenters. The van der Waals surface area contributed by atoms with Crippen LogP contribution in [-0.4, -0.2) is 6.29 Å². The lowest BCUT2D eigenvalue weighted by Gasteiger charge is -1.95. The third-order valence-electron chi connectivity index (χ3n) is 1.75. The van der Waals surface area contributed by atoms with Crippen LogP contribution in [0.1, 0.15) is 10.4 Å². The fraction of sp³-hybridized carbons (Fsp3) is 0. The number of carbonyl (C=O) groups is 1. The van der Waals surface area contributed by atoms with E-state index in [9.17, 15) is 9.18 Å². The smallest absolute Gasteiger partial charge is 0.151 e. The van der Waals surface area contributed by atoms with E-state index >= 15 is 0 Å². The molecule has 66 valence electrons. The topological polar surface area (TPSA) is 17.1 Å².